The molecule has 0 aliphatic heterocycles. The van der Waals surface area contributed by atoms with Gasteiger partial charge in [0.15, 0.2) is 0 Å². The first-order chi connectivity index (χ1) is 10.7. The van der Waals surface area contributed by atoms with E-state index in [9.17, 15) is 19.7 Å². The van der Waals surface area contributed by atoms with Gasteiger partial charge in [-0.2, -0.15) is 5.10 Å². The molecule has 2 rings (SSSR count). The molecule has 0 aliphatic rings. The fraction of sp³-hybridized carbons (Fsp3) is 0.308. The van der Waals surface area contributed by atoms with Gasteiger partial charge in [0.25, 0.3) is 0 Å². The van der Waals surface area contributed by atoms with Gasteiger partial charge in [0.1, 0.15) is 23.7 Å². The molecule has 10 heteroatoms. The standard InChI is InChI=1S/C13H14N4O6/c1-13(2,16-7-8(5-15-16)17(21)22)12(20)14-6-9-3-4-10(23-9)11(18)19/h3-5,7H,6H2,1-2H3,(H,14,20)(H,18,19). The molecule has 0 bridgehead atoms. The first kappa shape index (κ1) is 16.2. The number of nitro groups is 1. The predicted octanol–water partition coefficient (Wildman–Crippen LogP) is 1.13. The van der Waals surface area contributed by atoms with E-state index < -0.39 is 22.3 Å². The Morgan fingerprint density at radius 1 is 1.48 bits per heavy atom. The molecule has 23 heavy (non-hydrogen) atoms. The molecule has 0 aromatic carbocycles. The van der Waals surface area contributed by atoms with Gasteiger partial charge in [0, 0.05) is 0 Å². The summed E-state index contributed by atoms with van der Waals surface area (Å²) in [4.78, 5) is 33.0. The lowest BCUT2D eigenvalue weighted by Gasteiger charge is -2.23. The third-order valence-electron chi connectivity index (χ3n) is 3.20. The molecule has 0 spiro atoms. The van der Waals surface area contributed by atoms with Gasteiger partial charge >= 0.3 is 11.7 Å². The van der Waals surface area contributed by atoms with Crippen LogP contribution in [0.3, 0.4) is 0 Å². The molecule has 0 radical (unpaired) electrons. The van der Waals surface area contributed by atoms with E-state index in [-0.39, 0.29) is 23.8 Å². The quantitative estimate of drug-likeness (QED) is 0.600. The van der Waals surface area contributed by atoms with Crippen molar-refractivity contribution in [1.29, 1.82) is 0 Å². The fourth-order valence-electron chi connectivity index (χ4n) is 1.79. The summed E-state index contributed by atoms with van der Waals surface area (Å²) in [6.07, 6.45) is 2.22. The third-order valence-corrected chi connectivity index (χ3v) is 3.20. The van der Waals surface area contributed by atoms with Gasteiger partial charge in [-0.25, -0.2) is 4.79 Å². The average Bonchev–Trinajstić information content (AvgIpc) is 3.13. The van der Waals surface area contributed by atoms with Crippen molar-refractivity contribution < 1.29 is 24.0 Å². The molecule has 0 aliphatic carbocycles. The maximum Gasteiger partial charge on any atom is 0.371 e. The number of aromatic carboxylic acids is 1. The smallest absolute Gasteiger partial charge is 0.371 e. The molecule has 2 aromatic heterocycles. The zero-order valence-electron chi connectivity index (χ0n) is 12.3. The Labute approximate surface area is 129 Å². The molecule has 0 saturated heterocycles. The second kappa shape index (κ2) is 5.91. The highest BCUT2D eigenvalue weighted by Gasteiger charge is 2.32. The highest BCUT2D eigenvalue weighted by atomic mass is 16.6. The van der Waals surface area contributed by atoms with Gasteiger partial charge in [0.05, 0.1) is 11.5 Å². The maximum atomic E-state index is 12.3. The molecule has 2 N–H and O–H groups in total. The fourth-order valence-corrected chi connectivity index (χ4v) is 1.79. The number of hydrogen-bond donors (Lipinski definition) is 2. The van der Waals surface area contributed by atoms with Crippen LogP contribution in [0.2, 0.25) is 0 Å². The lowest BCUT2D eigenvalue weighted by Crippen LogP contribution is -2.44. The summed E-state index contributed by atoms with van der Waals surface area (Å²) in [5.41, 5.74) is -1.39. The van der Waals surface area contributed by atoms with Crippen LogP contribution in [0.5, 0.6) is 0 Å². The molecular formula is C13H14N4O6. The zero-order chi connectivity index (χ0) is 17.2. The molecule has 0 saturated carbocycles. The number of hydrogen-bond acceptors (Lipinski definition) is 6. The highest BCUT2D eigenvalue weighted by molar-refractivity contribution is 5.84. The maximum absolute atomic E-state index is 12.3. The van der Waals surface area contributed by atoms with Gasteiger partial charge in [-0.3, -0.25) is 19.6 Å². The molecule has 2 aromatic rings. The summed E-state index contributed by atoms with van der Waals surface area (Å²) in [6, 6.07) is 2.72. The summed E-state index contributed by atoms with van der Waals surface area (Å²) in [6.45, 7) is 3.08. The number of amides is 1. The number of carboxylic acids is 1. The second-order valence-electron chi connectivity index (χ2n) is 5.21. The number of carbonyl (C=O) groups excluding carboxylic acids is 1. The molecule has 1 amide bonds. The van der Waals surface area contributed by atoms with Crippen LogP contribution in [0.4, 0.5) is 5.69 Å². The lowest BCUT2D eigenvalue weighted by molar-refractivity contribution is -0.385. The van der Waals surface area contributed by atoms with E-state index in [0.717, 1.165) is 12.4 Å². The normalized spacial score (nSPS) is 11.2. The van der Waals surface area contributed by atoms with Crippen molar-refractivity contribution in [3.63, 3.8) is 0 Å². The van der Waals surface area contributed by atoms with E-state index in [4.69, 9.17) is 9.52 Å². The summed E-state index contributed by atoms with van der Waals surface area (Å²) >= 11 is 0. The SMILES string of the molecule is CC(C)(C(=O)NCc1ccc(C(=O)O)o1)n1cc([N+](=O)[O-])cn1. The number of nitrogens with zero attached hydrogens (tertiary/aromatic N) is 3. The third kappa shape index (κ3) is 3.36. The van der Waals surface area contributed by atoms with Crippen LogP contribution < -0.4 is 5.32 Å². The summed E-state index contributed by atoms with van der Waals surface area (Å²) < 4.78 is 6.21. The largest absolute Gasteiger partial charge is 0.475 e. The Morgan fingerprint density at radius 3 is 2.70 bits per heavy atom. The zero-order valence-corrected chi connectivity index (χ0v) is 12.3. The molecule has 0 atom stereocenters. The van der Waals surface area contributed by atoms with E-state index in [0.29, 0.717) is 0 Å². The number of carboxylic acid groups (broad SMARTS) is 1. The topological polar surface area (TPSA) is 140 Å². The monoisotopic (exact) mass is 322 g/mol. The predicted molar refractivity (Wildman–Crippen MR) is 75.7 cm³/mol. The molecule has 2 heterocycles. The molecule has 0 fully saturated rings. The van der Waals surface area contributed by atoms with E-state index in [2.05, 4.69) is 10.4 Å². The number of rotatable bonds is 6. The minimum Gasteiger partial charge on any atom is -0.475 e. The van der Waals surface area contributed by atoms with Crippen LogP contribution in [0.25, 0.3) is 0 Å². The Morgan fingerprint density at radius 2 is 2.17 bits per heavy atom. The van der Waals surface area contributed by atoms with E-state index in [1.807, 2.05) is 0 Å². The van der Waals surface area contributed by atoms with E-state index in [1.54, 1.807) is 13.8 Å². The average molecular weight is 322 g/mol. The Hall–Kier alpha value is -3.17. The molecular weight excluding hydrogens is 308 g/mol. The number of aromatic nitrogens is 2. The summed E-state index contributed by atoms with van der Waals surface area (Å²) in [5, 5.41) is 25.8. The minimum absolute atomic E-state index is 0.0150. The van der Waals surface area contributed by atoms with Crippen molar-refractivity contribution >= 4 is 17.6 Å². The van der Waals surface area contributed by atoms with Crippen LogP contribution in [0.15, 0.2) is 28.9 Å². The van der Waals surface area contributed by atoms with E-state index in [1.165, 1.54) is 16.8 Å². The summed E-state index contributed by atoms with van der Waals surface area (Å²) in [7, 11) is 0. The van der Waals surface area contributed by atoms with Gasteiger partial charge in [-0.05, 0) is 26.0 Å². The Balaban J connectivity index is 2.05. The van der Waals surface area contributed by atoms with Crippen LogP contribution in [0.1, 0.15) is 30.2 Å². The van der Waals surface area contributed by atoms with Gasteiger partial charge in [-0.1, -0.05) is 0 Å². The van der Waals surface area contributed by atoms with Crippen molar-refractivity contribution in [2.24, 2.45) is 0 Å². The van der Waals surface area contributed by atoms with Gasteiger partial charge < -0.3 is 14.8 Å². The van der Waals surface area contributed by atoms with Crippen molar-refractivity contribution in [3.8, 4) is 0 Å². The van der Waals surface area contributed by atoms with Crippen molar-refractivity contribution in [2.45, 2.75) is 25.9 Å². The van der Waals surface area contributed by atoms with Crippen molar-refractivity contribution in [1.82, 2.24) is 15.1 Å². The highest BCUT2D eigenvalue weighted by Crippen LogP contribution is 2.19. The van der Waals surface area contributed by atoms with Crippen LogP contribution >= 0.6 is 0 Å². The second-order valence-corrected chi connectivity index (χ2v) is 5.21. The Bertz CT molecular complexity index is 760. The molecule has 0 unspecified atom stereocenters. The summed E-state index contributed by atoms with van der Waals surface area (Å²) in [5.74, 6) is -1.61. The molecule has 10 nitrogen and oxygen atoms in total. The lowest BCUT2D eigenvalue weighted by atomic mass is 10.1. The van der Waals surface area contributed by atoms with Crippen molar-refractivity contribution in [2.75, 3.05) is 0 Å². The van der Waals surface area contributed by atoms with Crippen LogP contribution in [0, 0.1) is 10.1 Å². The van der Waals surface area contributed by atoms with Gasteiger partial charge in [-0.15, -0.1) is 0 Å². The number of furan rings is 1. The molecule has 122 valence electrons. The first-order valence-electron chi connectivity index (χ1n) is 6.51. The number of nitrogens with one attached hydrogen (secondary N) is 1. The van der Waals surface area contributed by atoms with E-state index >= 15 is 0 Å². The van der Waals surface area contributed by atoms with Crippen molar-refractivity contribution in [3.05, 3.63) is 46.2 Å². The Kier molecular flexibility index (Phi) is 4.16. The number of carbonyl (C=O) groups is 2. The van der Waals surface area contributed by atoms with Crippen LogP contribution in [-0.4, -0.2) is 31.7 Å². The first-order valence-corrected chi connectivity index (χ1v) is 6.51. The van der Waals surface area contributed by atoms with Gasteiger partial charge in [0.2, 0.25) is 11.7 Å². The van der Waals surface area contributed by atoms with Crippen LogP contribution in [-0.2, 0) is 16.9 Å². The minimum atomic E-state index is -1.20.